The summed E-state index contributed by atoms with van der Waals surface area (Å²) >= 11 is 3.27. The molecule has 0 aliphatic heterocycles. The van der Waals surface area contributed by atoms with E-state index < -0.39 is 10.0 Å². The number of rotatable bonds is 8. The van der Waals surface area contributed by atoms with E-state index in [0.717, 1.165) is 18.6 Å². The SMILES string of the molecule is CCCC(C)NS(=O)(=O)c1ccc(N(C)Cc2ccc(Br)o2)nc1. The van der Waals surface area contributed by atoms with Crippen molar-refractivity contribution < 1.29 is 12.8 Å². The van der Waals surface area contributed by atoms with Gasteiger partial charge in [0, 0.05) is 19.3 Å². The minimum Gasteiger partial charge on any atom is -0.452 e. The third kappa shape index (κ3) is 5.06. The number of furan rings is 1. The number of hydrogen-bond donors (Lipinski definition) is 1. The molecule has 1 atom stereocenters. The van der Waals surface area contributed by atoms with Crippen LogP contribution in [0.1, 0.15) is 32.4 Å². The second kappa shape index (κ2) is 8.13. The van der Waals surface area contributed by atoms with Crippen LogP contribution in [0, 0.1) is 0 Å². The molecule has 0 aromatic carbocycles. The number of aromatic nitrogens is 1. The zero-order valence-electron chi connectivity index (χ0n) is 14.0. The van der Waals surface area contributed by atoms with Crippen LogP contribution in [0.4, 0.5) is 5.82 Å². The highest BCUT2D eigenvalue weighted by molar-refractivity contribution is 9.10. The molecule has 0 radical (unpaired) electrons. The number of sulfonamides is 1. The van der Waals surface area contributed by atoms with E-state index in [2.05, 4.69) is 25.6 Å². The van der Waals surface area contributed by atoms with Gasteiger partial charge in [-0.1, -0.05) is 13.3 Å². The molecule has 132 valence electrons. The average Bonchev–Trinajstić information content (AvgIpc) is 2.92. The molecule has 2 aromatic rings. The molecule has 8 heteroatoms. The first-order valence-corrected chi connectivity index (χ1v) is 10.0. The zero-order chi connectivity index (χ0) is 17.7. The van der Waals surface area contributed by atoms with Crippen molar-refractivity contribution in [2.75, 3.05) is 11.9 Å². The Labute approximate surface area is 151 Å². The molecule has 24 heavy (non-hydrogen) atoms. The predicted molar refractivity (Wildman–Crippen MR) is 97.4 cm³/mol. The van der Waals surface area contributed by atoms with Gasteiger partial charge in [0.25, 0.3) is 0 Å². The van der Waals surface area contributed by atoms with Gasteiger partial charge in [0.15, 0.2) is 4.67 Å². The Kier molecular flexibility index (Phi) is 6.42. The van der Waals surface area contributed by atoms with Crippen molar-refractivity contribution in [2.45, 2.75) is 44.2 Å². The molecule has 2 rings (SSSR count). The maximum Gasteiger partial charge on any atom is 0.242 e. The highest BCUT2D eigenvalue weighted by Crippen LogP contribution is 2.19. The summed E-state index contributed by atoms with van der Waals surface area (Å²) in [6.45, 7) is 4.42. The van der Waals surface area contributed by atoms with E-state index in [-0.39, 0.29) is 10.9 Å². The third-order valence-electron chi connectivity index (χ3n) is 3.52. The molecule has 6 nitrogen and oxygen atoms in total. The minimum absolute atomic E-state index is 0.0975. The second-order valence-electron chi connectivity index (χ2n) is 5.72. The number of nitrogens with one attached hydrogen (secondary N) is 1. The fourth-order valence-corrected chi connectivity index (χ4v) is 3.90. The average molecular weight is 416 g/mol. The van der Waals surface area contributed by atoms with E-state index in [0.29, 0.717) is 17.0 Å². The molecule has 1 N–H and O–H groups in total. The van der Waals surface area contributed by atoms with Gasteiger partial charge in [-0.25, -0.2) is 18.1 Å². The summed E-state index contributed by atoms with van der Waals surface area (Å²) in [5.41, 5.74) is 0. The Morgan fingerprint density at radius 3 is 2.62 bits per heavy atom. The van der Waals surface area contributed by atoms with Crippen LogP contribution in [0.25, 0.3) is 0 Å². The van der Waals surface area contributed by atoms with E-state index in [1.165, 1.54) is 6.20 Å². The van der Waals surface area contributed by atoms with Crippen LogP contribution in [0.3, 0.4) is 0 Å². The summed E-state index contributed by atoms with van der Waals surface area (Å²) in [7, 11) is -1.67. The third-order valence-corrected chi connectivity index (χ3v) is 5.52. The monoisotopic (exact) mass is 415 g/mol. The molecule has 0 bridgehead atoms. The van der Waals surface area contributed by atoms with E-state index in [4.69, 9.17) is 4.42 Å². The molecule has 0 saturated carbocycles. The Balaban J connectivity index is 2.06. The summed E-state index contributed by atoms with van der Waals surface area (Å²) in [6.07, 6.45) is 3.10. The maximum absolute atomic E-state index is 12.3. The molecule has 0 aliphatic rings. The molecule has 2 heterocycles. The number of pyridine rings is 1. The van der Waals surface area contributed by atoms with Crippen LogP contribution < -0.4 is 9.62 Å². The van der Waals surface area contributed by atoms with Crippen LogP contribution in [-0.4, -0.2) is 26.5 Å². The van der Waals surface area contributed by atoms with E-state index in [9.17, 15) is 8.42 Å². The first kappa shape index (κ1) is 19.0. The Bertz CT molecular complexity index is 759. The standard InChI is InChI=1S/C16H22BrN3O3S/c1-4-5-12(2)19-24(21,22)14-7-9-16(18-10-14)20(3)11-13-6-8-15(17)23-13/h6-10,12,19H,4-5,11H2,1-3H3. The van der Waals surface area contributed by atoms with Crippen molar-refractivity contribution in [2.24, 2.45) is 0 Å². The van der Waals surface area contributed by atoms with Gasteiger partial charge in [-0.3, -0.25) is 0 Å². The van der Waals surface area contributed by atoms with Crippen molar-refractivity contribution in [1.82, 2.24) is 9.71 Å². The maximum atomic E-state index is 12.3. The van der Waals surface area contributed by atoms with Crippen LogP contribution in [-0.2, 0) is 16.6 Å². The van der Waals surface area contributed by atoms with E-state index in [1.807, 2.05) is 37.9 Å². The van der Waals surface area contributed by atoms with Gasteiger partial charge in [-0.05, 0) is 53.5 Å². The Hall–Kier alpha value is -1.38. The fourth-order valence-electron chi connectivity index (χ4n) is 2.33. The molecule has 0 fully saturated rings. The lowest BCUT2D eigenvalue weighted by Crippen LogP contribution is -2.32. The van der Waals surface area contributed by atoms with Crippen molar-refractivity contribution in [3.05, 3.63) is 40.9 Å². The Morgan fingerprint density at radius 2 is 2.08 bits per heavy atom. The highest BCUT2D eigenvalue weighted by Gasteiger charge is 2.18. The van der Waals surface area contributed by atoms with Gasteiger partial charge < -0.3 is 9.32 Å². The molecule has 0 spiro atoms. The van der Waals surface area contributed by atoms with Crippen molar-refractivity contribution in [3.8, 4) is 0 Å². The molecular formula is C16H22BrN3O3S. The minimum atomic E-state index is -3.54. The van der Waals surface area contributed by atoms with Crippen molar-refractivity contribution >= 4 is 31.8 Å². The normalized spacial score (nSPS) is 13.0. The smallest absolute Gasteiger partial charge is 0.242 e. The summed E-state index contributed by atoms with van der Waals surface area (Å²) in [5.74, 6) is 1.46. The lowest BCUT2D eigenvalue weighted by Gasteiger charge is -2.17. The first-order valence-electron chi connectivity index (χ1n) is 7.75. The van der Waals surface area contributed by atoms with Gasteiger partial charge in [0.2, 0.25) is 10.0 Å². The molecule has 0 saturated heterocycles. The number of hydrogen-bond acceptors (Lipinski definition) is 5. The second-order valence-corrected chi connectivity index (χ2v) is 8.22. The Morgan fingerprint density at radius 1 is 1.33 bits per heavy atom. The van der Waals surface area contributed by atoms with Gasteiger partial charge >= 0.3 is 0 Å². The van der Waals surface area contributed by atoms with Gasteiger partial charge in [0.1, 0.15) is 16.5 Å². The quantitative estimate of drug-likeness (QED) is 0.713. The topological polar surface area (TPSA) is 75.4 Å². The summed E-state index contributed by atoms with van der Waals surface area (Å²) < 4.78 is 33.4. The van der Waals surface area contributed by atoms with Crippen LogP contribution in [0.2, 0.25) is 0 Å². The number of halogens is 1. The number of nitrogens with zero attached hydrogens (tertiary/aromatic N) is 2. The zero-order valence-corrected chi connectivity index (χ0v) is 16.4. The summed E-state index contributed by atoms with van der Waals surface area (Å²) in [6, 6.07) is 6.86. The van der Waals surface area contributed by atoms with E-state index in [1.54, 1.807) is 12.1 Å². The van der Waals surface area contributed by atoms with E-state index >= 15 is 0 Å². The highest BCUT2D eigenvalue weighted by atomic mass is 79.9. The van der Waals surface area contributed by atoms with Crippen LogP contribution in [0.15, 0.2) is 44.4 Å². The summed E-state index contributed by atoms with van der Waals surface area (Å²) in [4.78, 5) is 6.31. The largest absolute Gasteiger partial charge is 0.452 e. The van der Waals surface area contributed by atoms with Gasteiger partial charge in [0.05, 0.1) is 6.54 Å². The fraction of sp³-hybridized carbons (Fsp3) is 0.438. The lowest BCUT2D eigenvalue weighted by atomic mass is 10.2. The van der Waals surface area contributed by atoms with Crippen molar-refractivity contribution in [1.29, 1.82) is 0 Å². The number of anilines is 1. The molecular weight excluding hydrogens is 394 g/mol. The predicted octanol–water partition coefficient (Wildman–Crippen LogP) is 3.54. The molecule has 2 aromatic heterocycles. The van der Waals surface area contributed by atoms with Crippen LogP contribution in [0.5, 0.6) is 0 Å². The van der Waals surface area contributed by atoms with Gasteiger partial charge in [-0.2, -0.15) is 0 Å². The summed E-state index contributed by atoms with van der Waals surface area (Å²) in [5, 5.41) is 0. The van der Waals surface area contributed by atoms with Crippen LogP contribution >= 0.6 is 15.9 Å². The van der Waals surface area contributed by atoms with Gasteiger partial charge in [-0.15, -0.1) is 0 Å². The first-order chi connectivity index (χ1) is 11.3. The molecule has 0 aliphatic carbocycles. The lowest BCUT2D eigenvalue weighted by molar-refractivity contribution is 0.486. The molecule has 1 unspecified atom stereocenters. The molecule has 0 amide bonds. The van der Waals surface area contributed by atoms with Crippen molar-refractivity contribution in [3.63, 3.8) is 0 Å².